The Morgan fingerprint density at radius 3 is 2.60 bits per heavy atom. The van der Waals surface area contributed by atoms with Gasteiger partial charge in [-0.3, -0.25) is 0 Å². The molecule has 0 bridgehead atoms. The van der Waals surface area contributed by atoms with Gasteiger partial charge in [0.15, 0.2) is 0 Å². The van der Waals surface area contributed by atoms with Crippen LogP contribution in [0.25, 0.3) is 0 Å². The lowest BCUT2D eigenvalue weighted by Crippen LogP contribution is -2.40. The molecule has 0 aliphatic carbocycles. The summed E-state index contributed by atoms with van der Waals surface area (Å²) in [6.07, 6.45) is 1.59. The third kappa shape index (κ3) is 3.14. The van der Waals surface area contributed by atoms with Crippen LogP contribution in [0.1, 0.15) is 18.9 Å². The van der Waals surface area contributed by atoms with E-state index in [4.69, 9.17) is 5.73 Å². The number of thiazole rings is 1. The Hall–Kier alpha value is -1.51. The predicted molar refractivity (Wildman–Crippen MR) is 76.3 cm³/mol. The average molecular weight is 315 g/mol. The third-order valence-corrected chi connectivity index (χ3v) is 5.29. The summed E-state index contributed by atoms with van der Waals surface area (Å²) < 4.78 is 40.4. The van der Waals surface area contributed by atoms with Gasteiger partial charge in [0.05, 0.1) is 10.4 Å². The highest BCUT2D eigenvalue weighted by Crippen LogP contribution is 2.25. The zero-order chi connectivity index (χ0) is 15.0. The molecule has 2 aromatic rings. The summed E-state index contributed by atoms with van der Waals surface area (Å²) in [4.78, 5) is 3.88. The SMILES string of the molecule is CC(C)(NS(=O)(=O)c1cc(N)cc(F)c1)c1nccs1. The lowest BCUT2D eigenvalue weighted by atomic mass is 10.1. The largest absolute Gasteiger partial charge is 0.399 e. The van der Waals surface area contributed by atoms with Crippen molar-refractivity contribution in [1.29, 1.82) is 0 Å². The molecule has 0 fully saturated rings. The van der Waals surface area contributed by atoms with Gasteiger partial charge in [-0.05, 0) is 32.0 Å². The molecule has 0 atom stereocenters. The first kappa shape index (κ1) is 14.9. The normalized spacial score (nSPS) is 12.6. The van der Waals surface area contributed by atoms with Crippen LogP contribution in [0.2, 0.25) is 0 Å². The van der Waals surface area contributed by atoms with Gasteiger partial charge in [0.25, 0.3) is 0 Å². The van der Waals surface area contributed by atoms with Crippen LogP contribution in [0.3, 0.4) is 0 Å². The summed E-state index contributed by atoms with van der Waals surface area (Å²) in [6, 6.07) is 3.20. The molecule has 1 heterocycles. The van der Waals surface area contributed by atoms with Crippen molar-refractivity contribution in [3.05, 3.63) is 40.6 Å². The highest BCUT2D eigenvalue weighted by atomic mass is 32.2. The fraction of sp³-hybridized carbons (Fsp3) is 0.250. The van der Waals surface area contributed by atoms with Gasteiger partial charge in [-0.25, -0.2) is 17.8 Å². The van der Waals surface area contributed by atoms with E-state index >= 15 is 0 Å². The molecule has 0 saturated carbocycles. The minimum atomic E-state index is -3.89. The summed E-state index contributed by atoms with van der Waals surface area (Å²) in [6.45, 7) is 3.37. The molecule has 108 valence electrons. The quantitative estimate of drug-likeness (QED) is 0.846. The maximum absolute atomic E-state index is 13.3. The molecule has 20 heavy (non-hydrogen) atoms. The molecule has 3 N–H and O–H groups in total. The van der Waals surface area contributed by atoms with E-state index in [1.165, 1.54) is 17.4 Å². The Labute approximate surface area is 120 Å². The van der Waals surface area contributed by atoms with E-state index in [9.17, 15) is 12.8 Å². The first-order chi connectivity index (χ1) is 9.21. The number of rotatable bonds is 4. The summed E-state index contributed by atoms with van der Waals surface area (Å²) in [5.41, 5.74) is 4.63. The van der Waals surface area contributed by atoms with Gasteiger partial charge in [-0.2, -0.15) is 4.72 Å². The van der Waals surface area contributed by atoms with Crippen molar-refractivity contribution < 1.29 is 12.8 Å². The lowest BCUT2D eigenvalue weighted by molar-refractivity contribution is 0.469. The first-order valence-corrected chi connectivity index (χ1v) is 8.07. The van der Waals surface area contributed by atoms with Gasteiger partial charge in [-0.15, -0.1) is 11.3 Å². The number of benzene rings is 1. The molecule has 1 aromatic carbocycles. The molecular formula is C12H14FN3O2S2. The summed E-state index contributed by atoms with van der Waals surface area (Å²) in [7, 11) is -3.89. The van der Waals surface area contributed by atoms with Gasteiger partial charge in [-0.1, -0.05) is 0 Å². The van der Waals surface area contributed by atoms with Crippen molar-refractivity contribution >= 4 is 27.0 Å². The van der Waals surface area contributed by atoms with Gasteiger partial charge in [0.2, 0.25) is 10.0 Å². The zero-order valence-electron chi connectivity index (χ0n) is 10.9. The van der Waals surface area contributed by atoms with Crippen molar-refractivity contribution in [1.82, 2.24) is 9.71 Å². The van der Waals surface area contributed by atoms with Crippen LogP contribution in [0.5, 0.6) is 0 Å². The van der Waals surface area contributed by atoms with Crippen LogP contribution in [0, 0.1) is 5.82 Å². The number of aromatic nitrogens is 1. The minimum absolute atomic E-state index is 0.0532. The zero-order valence-corrected chi connectivity index (χ0v) is 12.6. The Balaban J connectivity index is 2.36. The van der Waals surface area contributed by atoms with Crippen LogP contribution in [0.15, 0.2) is 34.7 Å². The molecule has 0 aliphatic heterocycles. The van der Waals surface area contributed by atoms with Crippen LogP contribution in [0.4, 0.5) is 10.1 Å². The Bertz CT molecular complexity index is 692. The Kier molecular flexibility index (Phi) is 3.81. The molecule has 2 rings (SSSR count). The van der Waals surface area contributed by atoms with Crippen molar-refractivity contribution in [2.24, 2.45) is 0 Å². The second kappa shape index (κ2) is 5.12. The van der Waals surface area contributed by atoms with E-state index in [-0.39, 0.29) is 10.6 Å². The number of anilines is 1. The number of nitrogen functional groups attached to an aromatic ring is 1. The van der Waals surface area contributed by atoms with E-state index in [1.54, 1.807) is 25.4 Å². The predicted octanol–water partition coefficient (Wildman–Crippen LogP) is 2.08. The van der Waals surface area contributed by atoms with Crippen molar-refractivity contribution in [2.75, 3.05) is 5.73 Å². The summed E-state index contributed by atoms with van der Waals surface area (Å²) in [5, 5.41) is 2.37. The van der Waals surface area contributed by atoms with Gasteiger partial charge >= 0.3 is 0 Å². The molecular weight excluding hydrogens is 301 g/mol. The van der Waals surface area contributed by atoms with Crippen molar-refractivity contribution in [2.45, 2.75) is 24.3 Å². The highest BCUT2D eigenvalue weighted by Gasteiger charge is 2.30. The van der Waals surface area contributed by atoms with E-state index in [0.29, 0.717) is 5.01 Å². The number of nitrogens with zero attached hydrogens (tertiary/aromatic N) is 1. The fourth-order valence-electron chi connectivity index (χ4n) is 1.71. The monoisotopic (exact) mass is 315 g/mol. The number of nitrogens with two attached hydrogens (primary N) is 1. The molecule has 0 saturated heterocycles. The maximum Gasteiger partial charge on any atom is 0.241 e. The van der Waals surface area contributed by atoms with Crippen LogP contribution < -0.4 is 10.5 Å². The first-order valence-electron chi connectivity index (χ1n) is 5.71. The van der Waals surface area contributed by atoms with Crippen LogP contribution in [-0.2, 0) is 15.6 Å². The average Bonchev–Trinajstić information content (AvgIpc) is 2.79. The molecule has 0 amide bonds. The van der Waals surface area contributed by atoms with Crippen molar-refractivity contribution in [3.8, 4) is 0 Å². The molecule has 0 radical (unpaired) electrons. The summed E-state index contributed by atoms with van der Waals surface area (Å²) >= 11 is 1.34. The summed E-state index contributed by atoms with van der Waals surface area (Å²) in [5.74, 6) is -0.697. The molecule has 8 heteroatoms. The molecule has 0 spiro atoms. The second-order valence-corrected chi connectivity index (χ2v) is 7.36. The molecule has 5 nitrogen and oxygen atoms in total. The highest BCUT2D eigenvalue weighted by molar-refractivity contribution is 7.89. The van der Waals surface area contributed by atoms with Crippen LogP contribution in [-0.4, -0.2) is 13.4 Å². The van der Waals surface area contributed by atoms with E-state index in [2.05, 4.69) is 9.71 Å². The number of hydrogen-bond donors (Lipinski definition) is 2. The van der Waals surface area contributed by atoms with Gasteiger partial charge in [0.1, 0.15) is 10.8 Å². The fourth-order valence-corrected chi connectivity index (χ4v) is 3.94. The van der Waals surface area contributed by atoms with E-state index in [0.717, 1.165) is 12.1 Å². The number of hydrogen-bond acceptors (Lipinski definition) is 5. The second-order valence-electron chi connectivity index (χ2n) is 4.79. The topological polar surface area (TPSA) is 85.1 Å². The van der Waals surface area contributed by atoms with Gasteiger partial charge in [0, 0.05) is 17.3 Å². The minimum Gasteiger partial charge on any atom is -0.399 e. The van der Waals surface area contributed by atoms with Gasteiger partial charge < -0.3 is 5.73 Å². The van der Waals surface area contributed by atoms with Crippen molar-refractivity contribution in [3.63, 3.8) is 0 Å². The molecule has 0 aliphatic rings. The van der Waals surface area contributed by atoms with E-state index in [1.807, 2.05) is 0 Å². The Morgan fingerprint density at radius 1 is 1.35 bits per heavy atom. The van der Waals surface area contributed by atoms with Crippen LogP contribution >= 0.6 is 11.3 Å². The lowest BCUT2D eigenvalue weighted by Gasteiger charge is -2.23. The molecule has 1 aromatic heterocycles. The maximum atomic E-state index is 13.3. The molecule has 0 unspecified atom stereocenters. The third-order valence-electron chi connectivity index (χ3n) is 2.56. The standard InChI is InChI=1S/C12H14FN3O2S2/c1-12(2,11-15-3-4-19-11)16-20(17,18)10-6-8(13)5-9(14)7-10/h3-7,16H,14H2,1-2H3. The Morgan fingerprint density at radius 2 is 2.05 bits per heavy atom. The number of sulfonamides is 1. The smallest absolute Gasteiger partial charge is 0.241 e. The number of halogens is 1. The number of nitrogens with one attached hydrogen (secondary N) is 1. The van der Waals surface area contributed by atoms with E-state index < -0.39 is 21.4 Å².